The molecule has 0 aliphatic carbocycles. The fourth-order valence-electron chi connectivity index (χ4n) is 0.246. The third-order valence-corrected chi connectivity index (χ3v) is 1.80. The molecule has 0 rings (SSSR count). The Balaban J connectivity index is -0.000000109. The predicted octanol–water partition coefficient (Wildman–Crippen LogP) is 1.23. The Morgan fingerprint density at radius 1 is 1.73 bits per heavy atom. The first-order chi connectivity index (χ1) is 5.33. The van der Waals surface area contributed by atoms with Crippen LogP contribution in [0, 0.1) is 13.0 Å². The van der Waals surface area contributed by atoms with E-state index in [2.05, 4.69) is 35.2 Å². The average molecular weight is 219 g/mol. The second kappa shape index (κ2) is 31.9. The molecule has 0 bridgehead atoms. The molecule has 0 aliphatic rings. The Morgan fingerprint density at radius 2 is 2.09 bits per heavy atom. The summed E-state index contributed by atoms with van der Waals surface area (Å²) < 4.78 is 12.8. The summed E-state index contributed by atoms with van der Waals surface area (Å²) in [7, 11) is 1.62. The van der Waals surface area contributed by atoms with Crippen molar-refractivity contribution in [2.75, 3.05) is 7.11 Å². The van der Waals surface area contributed by atoms with Gasteiger partial charge in [0, 0.05) is 7.11 Å². The van der Waals surface area contributed by atoms with Crippen molar-refractivity contribution >= 4 is 9.76 Å². The van der Waals surface area contributed by atoms with E-state index in [1.54, 1.807) is 14.0 Å². The second-order valence-corrected chi connectivity index (χ2v) is 3.25. The van der Waals surface area contributed by atoms with Crippen molar-refractivity contribution in [2.45, 2.75) is 19.4 Å². The SMILES string of the molecule is C=[C-]C.[CH2-]CC[SiH2]OC.[O]=[Co]. The van der Waals surface area contributed by atoms with Gasteiger partial charge in [-0.3, -0.25) is 6.58 Å². The van der Waals surface area contributed by atoms with Gasteiger partial charge in [0.2, 0.25) is 0 Å². The number of hydrogen-bond donors (Lipinski definition) is 0. The summed E-state index contributed by atoms with van der Waals surface area (Å²) in [6, 6.07) is 1.22. The second-order valence-electron chi connectivity index (χ2n) is 1.55. The summed E-state index contributed by atoms with van der Waals surface area (Å²) in [6.45, 7) is 8.68. The number of rotatable bonds is 3. The van der Waals surface area contributed by atoms with Gasteiger partial charge in [-0.25, -0.2) is 0 Å². The van der Waals surface area contributed by atoms with Crippen LogP contribution in [0.1, 0.15) is 13.3 Å². The molecule has 71 valence electrons. The molecule has 0 aromatic heterocycles. The van der Waals surface area contributed by atoms with Crippen LogP contribution in [0.3, 0.4) is 0 Å². The predicted molar refractivity (Wildman–Crippen MR) is 45.6 cm³/mol. The van der Waals surface area contributed by atoms with Crippen LogP contribution in [0.5, 0.6) is 0 Å². The van der Waals surface area contributed by atoms with Crippen molar-refractivity contribution in [3.63, 3.8) is 0 Å². The Morgan fingerprint density at radius 3 is 2.18 bits per heavy atom. The first-order valence-corrected chi connectivity index (χ1v) is 5.19. The molecule has 0 unspecified atom stereocenters. The zero-order valence-electron chi connectivity index (χ0n) is 7.19. The molecule has 2 nitrogen and oxygen atoms in total. The molecule has 0 aromatic rings. The minimum atomic E-state index is -0.141. The van der Waals surface area contributed by atoms with E-state index in [1.165, 1.54) is 6.04 Å². The van der Waals surface area contributed by atoms with Crippen LogP contribution in [0.2, 0.25) is 6.04 Å². The molecule has 0 aromatic carbocycles. The van der Waals surface area contributed by atoms with E-state index in [4.69, 9.17) is 8.29 Å². The summed E-state index contributed by atoms with van der Waals surface area (Å²) in [4.78, 5) is 0. The van der Waals surface area contributed by atoms with Crippen LogP contribution in [0.4, 0.5) is 0 Å². The molecule has 0 N–H and O–H groups in total. The van der Waals surface area contributed by atoms with Crippen molar-refractivity contribution in [1.82, 2.24) is 0 Å². The van der Waals surface area contributed by atoms with Crippen LogP contribution < -0.4 is 0 Å². The molecule has 11 heavy (non-hydrogen) atoms. The van der Waals surface area contributed by atoms with Gasteiger partial charge in [0.1, 0.15) is 0 Å². The van der Waals surface area contributed by atoms with E-state index in [0.29, 0.717) is 0 Å². The molecule has 0 aliphatic heterocycles. The molecule has 0 fully saturated rings. The molecule has 4 heteroatoms. The van der Waals surface area contributed by atoms with E-state index in [0.717, 1.165) is 6.42 Å². The van der Waals surface area contributed by atoms with Crippen molar-refractivity contribution in [3.8, 4) is 0 Å². The van der Waals surface area contributed by atoms with Crippen LogP contribution >= 0.6 is 0 Å². The van der Waals surface area contributed by atoms with Gasteiger partial charge in [-0.1, -0.05) is 6.04 Å². The molecule has 0 saturated carbocycles. The van der Waals surface area contributed by atoms with Crippen LogP contribution in [-0.2, 0) is 24.0 Å². The first-order valence-electron chi connectivity index (χ1n) is 3.19. The third-order valence-electron chi connectivity index (χ3n) is 0.598. The topological polar surface area (TPSA) is 26.3 Å². The third kappa shape index (κ3) is 66.5. The van der Waals surface area contributed by atoms with Crippen molar-refractivity contribution in [2.24, 2.45) is 0 Å². The summed E-state index contributed by atoms with van der Waals surface area (Å²) in [5.74, 6) is 0. The normalized spacial score (nSPS) is 7.64. The maximum absolute atomic E-state index is 7.94. The zero-order valence-corrected chi connectivity index (χ0v) is 9.64. The monoisotopic (exact) mass is 219 g/mol. The van der Waals surface area contributed by atoms with Crippen LogP contribution in [0.15, 0.2) is 6.58 Å². The van der Waals surface area contributed by atoms with Gasteiger partial charge in [0.05, 0.1) is 0 Å². The zero-order chi connectivity index (χ0) is 9.54. The molecule has 0 spiro atoms. The Labute approximate surface area is 80.1 Å². The van der Waals surface area contributed by atoms with E-state index >= 15 is 0 Å². The van der Waals surface area contributed by atoms with Gasteiger partial charge in [-0.2, -0.15) is 13.3 Å². The minimum absolute atomic E-state index is 0.141. The summed E-state index contributed by atoms with van der Waals surface area (Å²) in [6.07, 6.45) is 3.54. The fraction of sp³-hybridized carbons (Fsp3) is 0.571. The van der Waals surface area contributed by atoms with Crippen molar-refractivity contribution in [1.29, 1.82) is 0 Å². The number of hydrogen-bond acceptors (Lipinski definition) is 2. The molecule has 0 amide bonds. The van der Waals surface area contributed by atoms with Crippen LogP contribution in [0.25, 0.3) is 0 Å². The Kier molecular flexibility index (Phi) is 50.3. The number of allylic oxidation sites excluding steroid dienone is 1. The standard InChI is InChI=1S/C4H11OSi.C3H5.Co.O/c1-3-4-6-5-2;1-3-2;;/h1,3-4,6H2,2H3;1H2,2H3;;/q2*-1;;. The van der Waals surface area contributed by atoms with Gasteiger partial charge >= 0.3 is 19.5 Å². The van der Waals surface area contributed by atoms with E-state index < -0.39 is 0 Å². The van der Waals surface area contributed by atoms with Crippen molar-refractivity contribution < 1.29 is 24.0 Å². The van der Waals surface area contributed by atoms with Gasteiger partial charge < -0.3 is 17.4 Å². The van der Waals surface area contributed by atoms with Gasteiger partial charge in [0.15, 0.2) is 9.76 Å². The Bertz CT molecular complexity index is 58.4. The molecular weight excluding hydrogens is 203 g/mol. The van der Waals surface area contributed by atoms with Gasteiger partial charge in [-0.05, 0) is 0 Å². The molecule has 0 heterocycles. The Hall–Kier alpha value is 0.223. The molecule has 0 saturated heterocycles. The summed E-state index contributed by atoms with van der Waals surface area (Å²) in [5.41, 5.74) is 0. The fourth-order valence-corrected chi connectivity index (χ4v) is 0.739. The van der Waals surface area contributed by atoms with Crippen molar-refractivity contribution in [3.05, 3.63) is 19.6 Å². The van der Waals surface area contributed by atoms with E-state index in [1.807, 2.05) is 0 Å². The molecular formula is C7H16CoO2Si-2. The molecule has 0 radical (unpaired) electrons. The summed E-state index contributed by atoms with van der Waals surface area (Å²) in [5, 5.41) is 0. The molecule has 0 atom stereocenters. The quantitative estimate of drug-likeness (QED) is 0.405. The van der Waals surface area contributed by atoms with E-state index in [9.17, 15) is 0 Å². The summed E-state index contributed by atoms with van der Waals surface area (Å²) >= 11 is 2.31. The average Bonchev–Trinajstić information content (AvgIpc) is 2.06. The van der Waals surface area contributed by atoms with Gasteiger partial charge in [0.25, 0.3) is 0 Å². The van der Waals surface area contributed by atoms with Gasteiger partial charge in [-0.15, -0.1) is 0 Å². The maximum atomic E-state index is 7.94. The van der Waals surface area contributed by atoms with Crippen LogP contribution in [-0.4, -0.2) is 16.9 Å². The van der Waals surface area contributed by atoms with E-state index in [-0.39, 0.29) is 9.76 Å². The first kappa shape index (κ1) is 17.3.